The minimum Gasteiger partial charge on any atom is -0.352 e. The van der Waals surface area contributed by atoms with E-state index in [-0.39, 0.29) is 24.2 Å². The number of rotatable bonds is 11. The molecule has 0 radical (unpaired) electrons. The van der Waals surface area contributed by atoms with Gasteiger partial charge in [0, 0.05) is 26.7 Å². The van der Waals surface area contributed by atoms with Gasteiger partial charge in [-0.15, -0.1) is 0 Å². The molecule has 0 spiro atoms. The molecule has 0 aliphatic heterocycles. The Morgan fingerprint density at radius 2 is 1.64 bits per heavy atom. The van der Waals surface area contributed by atoms with Crippen LogP contribution in [0.1, 0.15) is 38.2 Å². The van der Waals surface area contributed by atoms with Crippen LogP contribution in [0.3, 0.4) is 0 Å². The van der Waals surface area contributed by atoms with Crippen molar-refractivity contribution in [3.05, 3.63) is 66.0 Å². The summed E-state index contributed by atoms with van der Waals surface area (Å²) in [6.07, 6.45) is 4.45. The van der Waals surface area contributed by atoms with E-state index in [0.717, 1.165) is 52.0 Å². The molecule has 0 aromatic heterocycles. The van der Waals surface area contributed by atoms with Crippen molar-refractivity contribution in [3.63, 3.8) is 0 Å². The van der Waals surface area contributed by atoms with Crippen LogP contribution < -0.4 is 9.62 Å². The summed E-state index contributed by atoms with van der Waals surface area (Å²) in [5, 5.41) is 3.04. The Bertz CT molecular complexity index is 1120. The average Bonchev–Trinajstić information content (AvgIpc) is 3.36. The number of hydrogen-bond acceptors (Lipinski definition) is 4. The van der Waals surface area contributed by atoms with E-state index >= 15 is 0 Å². The summed E-state index contributed by atoms with van der Waals surface area (Å²) in [4.78, 5) is 28.1. The molecule has 10 heteroatoms. The molecular weight excluding hydrogens is 483 g/mol. The predicted molar refractivity (Wildman–Crippen MR) is 138 cm³/mol. The fourth-order valence-corrected chi connectivity index (χ4v) is 5.34. The summed E-state index contributed by atoms with van der Waals surface area (Å²) in [5.74, 6) is -1.30. The SMILES string of the molecule is C[C@H](C(=O)NC1CCCC1)N(CCc1ccccc1)C(=O)CN(c1ccc(F)cc1)S(=O)(=O)N(C)C. The number of carbonyl (C=O) groups excluding carboxylic acids is 2. The Morgan fingerprint density at radius 1 is 1.03 bits per heavy atom. The molecule has 0 bridgehead atoms. The molecule has 2 aromatic rings. The van der Waals surface area contributed by atoms with E-state index in [1.807, 2.05) is 30.3 Å². The van der Waals surface area contributed by atoms with Crippen molar-refractivity contribution >= 4 is 27.7 Å². The summed E-state index contributed by atoms with van der Waals surface area (Å²) in [7, 11) is -1.34. The van der Waals surface area contributed by atoms with E-state index in [2.05, 4.69) is 5.32 Å². The zero-order valence-electron chi connectivity index (χ0n) is 21.1. The average molecular weight is 519 g/mol. The van der Waals surface area contributed by atoms with Gasteiger partial charge in [-0.2, -0.15) is 12.7 Å². The summed E-state index contributed by atoms with van der Waals surface area (Å²) in [6.45, 7) is 1.37. The van der Waals surface area contributed by atoms with E-state index in [0.29, 0.717) is 6.42 Å². The van der Waals surface area contributed by atoms with Gasteiger partial charge in [0.2, 0.25) is 11.8 Å². The van der Waals surface area contributed by atoms with E-state index < -0.39 is 34.5 Å². The maximum absolute atomic E-state index is 13.6. The van der Waals surface area contributed by atoms with Gasteiger partial charge in [-0.25, -0.2) is 8.70 Å². The van der Waals surface area contributed by atoms with Crippen LogP contribution in [-0.4, -0.2) is 68.7 Å². The molecule has 2 amide bonds. The normalized spacial score (nSPS) is 15.0. The third-order valence-corrected chi connectivity index (χ3v) is 8.31. The van der Waals surface area contributed by atoms with Gasteiger partial charge in [0.05, 0.1) is 5.69 Å². The molecule has 1 N–H and O–H groups in total. The Hall–Kier alpha value is -2.98. The number of carbonyl (C=O) groups is 2. The molecule has 1 aliphatic rings. The van der Waals surface area contributed by atoms with E-state index in [4.69, 9.17) is 0 Å². The number of halogens is 1. The van der Waals surface area contributed by atoms with Crippen molar-refractivity contribution < 1.29 is 22.4 Å². The summed E-state index contributed by atoms with van der Waals surface area (Å²) in [6, 6.07) is 13.8. The highest BCUT2D eigenvalue weighted by Gasteiger charge is 2.33. The number of nitrogens with zero attached hydrogens (tertiary/aromatic N) is 3. The number of hydrogen-bond donors (Lipinski definition) is 1. The first kappa shape index (κ1) is 27.6. The van der Waals surface area contributed by atoms with Crippen LogP contribution in [0.25, 0.3) is 0 Å². The van der Waals surface area contributed by atoms with Crippen molar-refractivity contribution in [3.8, 4) is 0 Å². The van der Waals surface area contributed by atoms with Crippen LogP contribution in [0.2, 0.25) is 0 Å². The van der Waals surface area contributed by atoms with Gasteiger partial charge >= 0.3 is 10.2 Å². The number of benzene rings is 2. The maximum atomic E-state index is 13.6. The molecule has 1 aliphatic carbocycles. The molecular formula is C26H35FN4O4S. The molecule has 36 heavy (non-hydrogen) atoms. The van der Waals surface area contributed by atoms with Gasteiger partial charge in [0.15, 0.2) is 0 Å². The van der Waals surface area contributed by atoms with Crippen molar-refractivity contribution in [1.29, 1.82) is 0 Å². The zero-order valence-corrected chi connectivity index (χ0v) is 21.9. The molecule has 1 saturated carbocycles. The Kier molecular flexibility index (Phi) is 9.44. The van der Waals surface area contributed by atoms with Crippen molar-refractivity contribution in [2.75, 3.05) is 31.5 Å². The van der Waals surface area contributed by atoms with Gasteiger partial charge in [0.25, 0.3) is 0 Å². The Balaban J connectivity index is 1.86. The number of amides is 2. The fourth-order valence-electron chi connectivity index (χ4n) is 4.29. The molecule has 8 nitrogen and oxygen atoms in total. The molecule has 0 saturated heterocycles. The molecule has 0 heterocycles. The monoisotopic (exact) mass is 518 g/mol. The van der Waals surface area contributed by atoms with Crippen LogP contribution in [-0.2, 0) is 26.2 Å². The fraction of sp³-hybridized carbons (Fsp3) is 0.462. The highest BCUT2D eigenvalue weighted by atomic mass is 32.2. The van der Waals surface area contributed by atoms with Crippen molar-refractivity contribution in [2.24, 2.45) is 0 Å². The van der Waals surface area contributed by atoms with Gasteiger partial charge in [-0.1, -0.05) is 43.2 Å². The third-order valence-electron chi connectivity index (χ3n) is 6.49. The van der Waals surface area contributed by atoms with E-state index in [1.165, 1.54) is 31.1 Å². The molecule has 2 aromatic carbocycles. The second-order valence-electron chi connectivity index (χ2n) is 9.26. The zero-order chi connectivity index (χ0) is 26.3. The molecule has 0 unspecified atom stereocenters. The molecule has 196 valence electrons. The summed E-state index contributed by atoms with van der Waals surface area (Å²) < 4.78 is 41.6. The minimum absolute atomic E-state index is 0.0934. The smallest absolute Gasteiger partial charge is 0.304 e. The van der Waals surface area contributed by atoms with Crippen LogP contribution >= 0.6 is 0 Å². The Labute approximate surface area is 213 Å². The minimum atomic E-state index is -4.07. The van der Waals surface area contributed by atoms with Crippen LogP contribution in [0.5, 0.6) is 0 Å². The largest absolute Gasteiger partial charge is 0.352 e. The highest BCUT2D eigenvalue weighted by molar-refractivity contribution is 7.90. The maximum Gasteiger partial charge on any atom is 0.304 e. The standard InChI is InChI=1S/C26H35FN4O4S/c1-20(26(33)28-23-11-7-8-12-23)30(18-17-21-9-5-4-6-10-21)25(32)19-31(36(34,35)29(2)3)24-15-13-22(27)14-16-24/h4-6,9-10,13-16,20,23H,7-8,11-12,17-19H2,1-3H3,(H,28,33)/t20-/m1/s1. The van der Waals surface area contributed by atoms with Crippen molar-refractivity contribution in [2.45, 2.75) is 51.1 Å². The first-order valence-electron chi connectivity index (χ1n) is 12.2. The first-order chi connectivity index (χ1) is 17.1. The van der Waals surface area contributed by atoms with Gasteiger partial charge in [0.1, 0.15) is 18.4 Å². The van der Waals surface area contributed by atoms with Gasteiger partial charge in [-0.3, -0.25) is 9.59 Å². The Morgan fingerprint density at radius 3 is 2.22 bits per heavy atom. The van der Waals surface area contributed by atoms with Gasteiger partial charge in [-0.05, 0) is 56.0 Å². The topological polar surface area (TPSA) is 90.0 Å². The van der Waals surface area contributed by atoms with Crippen molar-refractivity contribution in [1.82, 2.24) is 14.5 Å². The van der Waals surface area contributed by atoms with Crippen LogP contribution in [0.4, 0.5) is 10.1 Å². The van der Waals surface area contributed by atoms with Crippen LogP contribution in [0.15, 0.2) is 54.6 Å². The predicted octanol–water partition coefficient (Wildman–Crippen LogP) is 2.96. The molecule has 1 fully saturated rings. The lowest BCUT2D eigenvalue weighted by Crippen LogP contribution is -2.54. The lowest BCUT2D eigenvalue weighted by Gasteiger charge is -2.33. The second kappa shape index (κ2) is 12.3. The third kappa shape index (κ3) is 7.04. The van der Waals surface area contributed by atoms with E-state index in [1.54, 1.807) is 6.92 Å². The lowest BCUT2D eigenvalue weighted by molar-refractivity contribution is -0.139. The highest BCUT2D eigenvalue weighted by Crippen LogP contribution is 2.21. The summed E-state index contributed by atoms with van der Waals surface area (Å²) in [5.41, 5.74) is 1.15. The van der Waals surface area contributed by atoms with Gasteiger partial charge < -0.3 is 10.2 Å². The summed E-state index contributed by atoms with van der Waals surface area (Å²) >= 11 is 0. The second-order valence-corrected chi connectivity index (χ2v) is 11.3. The first-order valence-corrected chi connectivity index (χ1v) is 13.6. The van der Waals surface area contributed by atoms with E-state index in [9.17, 15) is 22.4 Å². The van der Waals surface area contributed by atoms with Crippen LogP contribution in [0, 0.1) is 5.82 Å². The number of nitrogens with one attached hydrogen (secondary N) is 1. The molecule has 1 atom stereocenters. The quantitative estimate of drug-likeness (QED) is 0.495. The number of anilines is 1. The molecule has 3 rings (SSSR count). The lowest BCUT2D eigenvalue weighted by atomic mass is 10.1.